The first-order valence-electron chi connectivity index (χ1n) is 21.1. The molecule has 63 heavy (non-hydrogen) atoms. The van der Waals surface area contributed by atoms with Crippen molar-refractivity contribution in [3.8, 4) is 0 Å². The van der Waals surface area contributed by atoms with Gasteiger partial charge in [-0.05, 0) is 42.7 Å². The fourth-order valence-electron chi connectivity index (χ4n) is 10.5. The molecule has 5 aliphatic rings. The summed E-state index contributed by atoms with van der Waals surface area (Å²) >= 11 is 0. The van der Waals surface area contributed by atoms with Gasteiger partial charge in [0, 0.05) is 44.9 Å². The van der Waals surface area contributed by atoms with Gasteiger partial charge in [-0.1, -0.05) is 62.4 Å². The molecule has 17 heteroatoms. The molecule has 7 rings (SSSR count). The number of ether oxygens (including phenoxy) is 7. The van der Waals surface area contributed by atoms with Gasteiger partial charge in [-0.2, -0.15) is 0 Å². The number of Topliss-reactive ketones (excluding diaryl/α,β-unsaturated/α-hetero) is 1. The second kappa shape index (κ2) is 17.4. The molecular weight excluding hydrogens is 822 g/mol. The van der Waals surface area contributed by atoms with Crippen LogP contribution >= 0.6 is 0 Å². The van der Waals surface area contributed by atoms with Crippen LogP contribution in [0.4, 0.5) is 4.79 Å². The van der Waals surface area contributed by atoms with Crippen molar-refractivity contribution in [1.29, 1.82) is 0 Å². The standard InChI is InChI=1S/C46H55NO16/c1-24-30(61-41(54)35(51)34(27-13-9-7-10-14-27)47-42(55)60-29-17-19-57-20-18-29)22-46(56)39(62-40(53)28-15-11-8-12-16-28)37-44(6,31(50)21-32-45(37,23-58-32)63-26(3)49)38(52)36(59-25(2)48)33(24)43(46,4)5/h7-16,29-32,34-37,39,50-51,56H,17-23H2,1-6H3,(H,47,55)/t30?,31-,32?,34-,35?,36+,37?,39-,44+,45-,46+/m0/s1. The minimum absolute atomic E-state index is 0.0114. The van der Waals surface area contributed by atoms with Crippen molar-refractivity contribution in [3.05, 3.63) is 82.9 Å². The molecule has 1 amide bonds. The molecule has 2 bridgehead atoms. The minimum Gasteiger partial charge on any atom is -0.456 e. The molecule has 2 aliphatic heterocycles. The largest absolute Gasteiger partial charge is 0.456 e. The molecular formula is C46H55NO16. The van der Waals surface area contributed by atoms with Crippen LogP contribution < -0.4 is 5.32 Å². The average molecular weight is 878 g/mol. The molecule has 4 fully saturated rings. The Morgan fingerprint density at radius 3 is 2.10 bits per heavy atom. The molecule has 2 saturated heterocycles. The van der Waals surface area contributed by atoms with Gasteiger partial charge < -0.3 is 53.8 Å². The SMILES string of the molecule is CC(=O)O[C@H]1C(=O)[C@@]2(C)C([C@H](OC(=O)c3ccccc3)[C@]3(O)CC(OC(=O)C(O)[C@@H](NC(=O)OC4CCOCC4)c4ccccc4)C(C)=C1C3(C)C)[C@]1(OC(C)=O)COC1C[C@@H]2O. The van der Waals surface area contributed by atoms with E-state index in [0.717, 1.165) is 13.8 Å². The summed E-state index contributed by atoms with van der Waals surface area (Å²) in [5.74, 6) is -6.30. The third-order valence-electron chi connectivity index (χ3n) is 13.9. The van der Waals surface area contributed by atoms with E-state index in [2.05, 4.69) is 5.32 Å². The van der Waals surface area contributed by atoms with Gasteiger partial charge in [-0.25, -0.2) is 14.4 Å². The van der Waals surface area contributed by atoms with Crippen LogP contribution in [0.1, 0.15) is 89.2 Å². The predicted octanol–water partition coefficient (Wildman–Crippen LogP) is 3.21. The fourth-order valence-corrected chi connectivity index (χ4v) is 10.5. The normalized spacial score (nSPS) is 33.3. The van der Waals surface area contributed by atoms with Crippen LogP contribution in [0.25, 0.3) is 0 Å². The van der Waals surface area contributed by atoms with Gasteiger partial charge in [0.25, 0.3) is 0 Å². The second-order valence-electron chi connectivity index (χ2n) is 17.9. The Balaban J connectivity index is 1.35. The maximum Gasteiger partial charge on any atom is 0.408 e. The fraction of sp³-hybridized carbons (Fsp3) is 0.565. The average Bonchev–Trinajstić information content (AvgIpc) is 3.24. The molecule has 2 heterocycles. The quantitative estimate of drug-likeness (QED) is 0.152. The summed E-state index contributed by atoms with van der Waals surface area (Å²) in [6.45, 7) is 8.73. The summed E-state index contributed by atoms with van der Waals surface area (Å²) in [7, 11) is 0. The molecule has 2 saturated carbocycles. The smallest absolute Gasteiger partial charge is 0.408 e. The van der Waals surface area contributed by atoms with Crippen LogP contribution in [-0.2, 0) is 52.3 Å². The summed E-state index contributed by atoms with van der Waals surface area (Å²) in [5.41, 5.74) is -7.37. The van der Waals surface area contributed by atoms with Gasteiger partial charge in [-0.3, -0.25) is 14.4 Å². The van der Waals surface area contributed by atoms with E-state index in [9.17, 15) is 39.3 Å². The number of ketones is 1. The lowest BCUT2D eigenvalue weighted by Gasteiger charge is -2.67. The van der Waals surface area contributed by atoms with E-state index in [1.165, 1.54) is 26.0 Å². The molecule has 4 unspecified atom stereocenters. The lowest BCUT2D eigenvalue weighted by Crippen LogP contribution is -2.82. The molecule has 2 aromatic carbocycles. The number of hydrogen-bond donors (Lipinski definition) is 4. The lowest BCUT2D eigenvalue weighted by atomic mass is 9.44. The molecule has 2 aromatic rings. The molecule has 340 valence electrons. The van der Waals surface area contributed by atoms with Crippen LogP contribution in [0.15, 0.2) is 71.8 Å². The van der Waals surface area contributed by atoms with Crippen LogP contribution in [-0.4, -0.2) is 125 Å². The van der Waals surface area contributed by atoms with Crippen LogP contribution in [0.5, 0.6) is 0 Å². The highest BCUT2D eigenvalue weighted by Crippen LogP contribution is 2.64. The highest BCUT2D eigenvalue weighted by Gasteiger charge is 2.78. The topological polar surface area (TPSA) is 240 Å². The van der Waals surface area contributed by atoms with E-state index in [4.69, 9.17) is 33.2 Å². The Kier molecular flexibility index (Phi) is 12.7. The number of benzene rings is 2. The zero-order chi connectivity index (χ0) is 45.6. The number of hydrogen-bond acceptors (Lipinski definition) is 16. The maximum absolute atomic E-state index is 15.5. The number of aliphatic hydroxyl groups excluding tert-OH is 2. The Morgan fingerprint density at radius 2 is 1.51 bits per heavy atom. The molecule has 0 spiro atoms. The molecule has 4 N–H and O–H groups in total. The highest BCUT2D eigenvalue weighted by molar-refractivity contribution is 5.95. The number of carbonyl (C=O) groups excluding carboxylic acids is 6. The number of amides is 1. The van der Waals surface area contributed by atoms with Gasteiger partial charge in [0.05, 0.1) is 48.9 Å². The molecule has 3 aliphatic carbocycles. The molecule has 0 aromatic heterocycles. The lowest BCUT2D eigenvalue weighted by molar-refractivity contribution is -0.346. The first kappa shape index (κ1) is 45.8. The third-order valence-corrected chi connectivity index (χ3v) is 13.9. The van der Waals surface area contributed by atoms with E-state index in [-0.39, 0.29) is 29.7 Å². The first-order chi connectivity index (χ1) is 29.8. The number of fused-ring (bicyclic) bond motifs is 5. The number of carbonyl (C=O) groups is 6. The molecule has 11 atom stereocenters. The predicted molar refractivity (Wildman–Crippen MR) is 217 cm³/mol. The Bertz CT molecular complexity index is 2140. The van der Waals surface area contributed by atoms with Crippen molar-refractivity contribution in [2.75, 3.05) is 19.8 Å². The van der Waals surface area contributed by atoms with Gasteiger partial charge >= 0.3 is 30.0 Å². The van der Waals surface area contributed by atoms with E-state index in [1.54, 1.807) is 62.4 Å². The zero-order valence-electron chi connectivity index (χ0n) is 36.1. The monoisotopic (exact) mass is 877 g/mol. The van der Waals surface area contributed by atoms with Crippen molar-refractivity contribution in [3.63, 3.8) is 0 Å². The summed E-state index contributed by atoms with van der Waals surface area (Å²) in [6, 6.07) is 14.6. The van der Waals surface area contributed by atoms with E-state index in [0.29, 0.717) is 31.6 Å². The van der Waals surface area contributed by atoms with Gasteiger partial charge in [0.15, 0.2) is 23.6 Å². The summed E-state index contributed by atoms with van der Waals surface area (Å²) in [6.07, 6.45) is -11.1. The van der Waals surface area contributed by atoms with E-state index in [1.807, 2.05) is 0 Å². The number of alkyl carbamates (subject to hydrolysis) is 1. The van der Waals surface area contributed by atoms with Crippen LogP contribution in [0, 0.1) is 16.7 Å². The van der Waals surface area contributed by atoms with Crippen molar-refractivity contribution >= 4 is 35.8 Å². The Morgan fingerprint density at radius 1 is 0.873 bits per heavy atom. The van der Waals surface area contributed by atoms with Crippen molar-refractivity contribution in [2.24, 2.45) is 16.7 Å². The summed E-state index contributed by atoms with van der Waals surface area (Å²) in [4.78, 5) is 83.3. The maximum atomic E-state index is 15.5. The summed E-state index contributed by atoms with van der Waals surface area (Å²) in [5, 5.41) is 40.1. The molecule has 17 nitrogen and oxygen atoms in total. The summed E-state index contributed by atoms with van der Waals surface area (Å²) < 4.78 is 41.2. The highest BCUT2D eigenvalue weighted by atomic mass is 16.6. The van der Waals surface area contributed by atoms with Crippen molar-refractivity contribution in [2.45, 2.75) is 127 Å². The third kappa shape index (κ3) is 8.02. The first-order valence-corrected chi connectivity index (χ1v) is 21.1. The van der Waals surface area contributed by atoms with Gasteiger partial charge in [0.2, 0.25) is 0 Å². The zero-order valence-corrected chi connectivity index (χ0v) is 36.1. The Hall–Kier alpha value is -5.20. The second-order valence-corrected chi connectivity index (χ2v) is 17.9. The number of aliphatic hydroxyl groups is 3. The van der Waals surface area contributed by atoms with Crippen molar-refractivity contribution < 1.29 is 77.2 Å². The molecule has 0 radical (unpaired) electrons. The van der Waals surface area contributed by atoms with Crippen molar-refractivity contribution in [1.82, 2.24) is 5.32 Å². The number of rotatable bonds is 10. The van der Waals surface area contributed by atoms with E-state index < -0.39 is 119 Å². The van der Waals surface area contributed by atoms with Gasteiger partial charge in [-0.15, -0.1) is 0 Å². The minimum atomic E-state index is -2.40. The van der Waals surface area contributed by atoms with Crippen LogP contribution in [0.3, 0.4) is 0 Å². The van der Waals surface area contributed by atoms with Crippen LogP contribution in [0.2, 0.25) is 0 Å². The van der Waals surface area contributed by atoms with E-state index >= 15 is 4.79 Å². The van der Waals surface area contributed by atoms with Gasteiger partial charge in [0.1, 0.15) is 30.0 Å². The Labute approximate surface area is 364 Å². The number of esters is 4. The number of nitrogens with one attached hydrogen (secondary N) is 1.